The van der Waals surface area contributed by atoms with E-state index in [2.05, 4.69) is 4.90 Å². The third-order valence-corrected chi connectivity index (χ3v) is 6.40. The van der Waals surface area contributed by atoms with Gasteiger partial charge >= 0.3 is 0 Å². The molecule has 4 rings (SSSR count). The van der Waals surface area contributed by atoms with Gasteiger partial charge in [0.25, 0.3) is 0 Å². The molecule has 6 heteroatoms. The van der Waals surface area contributed by atoms with E-state index in [0.29, 0.717) is 36.8 Å². The van der Waals surface area contributed by atoms with Gasteiger partial charge in [-0.2, -0.15) is 0 Å². The molecule has 2 aromatic carbocycles. The normalized spacial score (nSPS) is 17.7. The number of rotatable bonds is 6. The van der Waals surface area contributed by atoms with Crippen molar-refractivity contribution in [3.05, 3.63) is 59.7 Å². The fourth-order valence-corrected chi connectivity index (χ4v) is 4.26. The minimum atomic E-state index is -0.0186. The lowest BCUT2D eigenvalue weighted by atomic mass is 9.88. The number of amides is 1. The zero-order chi connectivity index (χ0) is 21.8. The lowest BCUT2D eigenvalue weighted by Gasteiger charge is -2.33. The van der Waals surface area contributed by atoms with Crippen molar-refractivity contribution in [3.8, 4) is 11.5 Å². The Bertz CT molecular complexity index is 922. The van der Waals surface area contributed by atoms with Crippen molar-refractivity contribution in [1.29, 1.82) is 0 Å². The average Bonchev–Trinajstić information content (AvgIpc) is 2.83. The zero-order valence-electron chi connectivity index (χ0n) is 18.3. The van der Waals surface area contributed by atoms with Gasteiger partial charge in [0.05, 0.1) is 12.6 Å². The Morgan fingerprint density at radius 1 is 1.03 bits per heavy atom. The van der Waals surface area contributed by atoms with Crippen LogP contribution >= 0.6 is 0 Å². The van der Waals surface area contributed by atoms with Gasteiger partial charge in [0.2, 0.25) is 5.91 Å². The van der Waals surface area contributed by atoms with Gasteiger partial charge in [-0.15, -0.1) is 0 Å². The Labute approximate surface area is 183 Å². The molecule has 2 aliphatic heterocycles. The third-order valence-electron chi connectivity index (χ3n) is 6.40. The maximum Gasteiger partial charge on any atom is 0.236 e. The van der Waals surface area contributed by atoms with E-state index in [1.807, 2.05) is 61.3 Å². The van der Waals surface area contributed by atoms with Gasteiger partial charge in [-0.05, 0) is 56.6 Å². The van der Waals surface area contributed by atoms with Crippen LogP contribution in [-0.2, 0) is 4.79 Å². The first-order chi connectivity index (χ1) is 15.0. The van der Waals surface area contributed by atoms with Crippen molar-refractivity contribution in [1.82, 2.24) is 9.80 Å². The molecule has 1 fully saturated rings. The number of ketones is 1. The van der Waals surface area contributed by atoms with Crippen molar-refractivity contribution in [3.63, 3.8) is 0 Å². The van der Waals surface area contributed by atoms with E-state index in [-0.39, 0.29) is 23.7 Å². The van der Waals surface area contributed by atoms with Crippen molar-refractivity contribution in [2.24, 2.45) is 5.92 Å². The predicted octanol–water partition coefficient (Wildman–Crippen LogP) is 3.57. The highest BCUT2D eigenvalue weighted by molar-refractivity contribution is 5.98. The number of likely N-dealkylation sites (tertiary alicyclic amines) is 1. The van der Waals surface area contributed by atoms with Crippen molar-refractivity contribution in [2.75, 3.05) is 39.9 Å². The number of carbonyl (C=O) groups excluding carboxylic acids is 2. The van der Waals surface area contributed by atoms with Crippen LogP contribution in [0, 0.1) is 5.92 Å². The highest BCUT2D eigenvalue weighted by Crippen LogP contribution is 2.32. The van der Waals surface area contributed by atoms with Crippen LogP contribution in [0.25, 0.3) is 0 Å². The molecule has 0 radical (unpaired) electrons. The largest absolute Gasteiger partial charge is 0.486 e. The van der Waals surface area contributed by atoms with Gasteiger partial charge in [-0.25, -0.2) is 0 Å². The smallest absolute Gasteiger partial charge is 0.236 e. The second-order valence-electron chi connectivity index (χ2n) is 8.36. The van der Waals surface area contributed by atoms with E-state index in [0.717, 1.165) is 31.5 Å². The van der Waals surface area contributed by atoms with E-state index in [1.165, 1.54) is 0 Å². The monoisotopic (exact) mass is 422 g/mol. The number of nitrogens with zero attached hydrogens (tertiary/aromatic N) is 2. The molecule has 0 spiro atoms. The topological polar surface area (TPSA) is 59.1 Å². The van der Waals surface area contributed by atoms with Crippen LogP contribution in [0.2, 0.25) is 0 Å². The first kappa shape index (κ1) is 21.4. The summed E-state index contributed by atoms with van der Waals surface area (Å²) in [6.07, 6.45) is 1.52. The summed E-state index contributed by atoms with van der Waals surface area (Å²) in [6, 6.07) is 15.5. The average molecular weight is 423 g/mol. The van der Waals surface area contributed by atoms with Crippen LogP contribution in [0.4, 0.5) is 0 Å². The SMILES string of the molecule is CC(c1ccccc1)N(C)C(=O)CN1CCC(C(=O)c2ccc3c(c2)OCCO3)CC1. The minimum absolute atomic E-state index is 0.0186. The summed E-state index contributed by atoms with van der Waals surface area (Å²) in [5, 5.41) is 0. The molecule has 0 aliphatic carbocycles. The number of hydrogen-bond acceptors (Lipinski definition) is 5. The Morgan fingerprint density at radius 2 is 1.71 bits per heavy atom. The quantitative estimate of drug-likeness (QED) is 0.666. The molecule has 1 saturated heterocycles. The second-order valence-corrected chi connectivity index (χ2v) is 8.36. The summed E-state index contributed by atoms with van der Waals surface area (Å²) in [6.45, 7) is 4.98. The van der Waals surface area contributed by atoms with Gasteiger partial charge in [0.1, 0.15) is 13.2 Å². The number of ether oxygens (including phenoxy) is 2. The number of hydrogen-bond donors (Lipinski definition) is 0. The number of likely N-dealkylation sites (N-methyl/N-ethyl adjacent to an activating group) is 1. The number of Topliss-reactive ketones (excluding diaryl/α,β-unsaturated/α-hetero) is 1. The van der Waals surface area contributed by atoms with Crippen LogP contribution < -0.4 is 9.47 Å². The van der Waals surface area contributed by atoms with Crippen LogP contribution in [0.5, 0.6) is 11.5 Å². The molecule has 1 amide bonds. The molecule has 0 bridgehead atoms. The van der Waals surface area contributed by atoms with Gasteiger partial charge in [-0.3, -0.25) is 14.5 Å². The van der Waals surface area contributed by atoms with E-state index >= 15 is 0 Å². The highest BCUT2D eigenvalue weighted by atomic mass is 16.6. The molecule has 0 aromatic heterocycles. The standard InChI is InChI=1S/C25H30N2O4/c1-18(19-6-4-3-5-7-19)26(2)24(28)17-27-12-10-20(11-13-27)25(29)21-8-9-22-23(16-21)31-15-14-30-22/h3-9,16,18,20H,10-15,17H2,1-2H3. The van der Waals surface area contributed by atoms with Crippen LogP contribution in [0.1, 0.15) is 41.7 Å². The molecule has 164 valence electrons. The Hall–Kier alpha value is -2.86. The van der Waals surface area contributed by atoms with E-state index in [9.17, 15) is 9.59 Å². The maximum atomic E-state index is 13.0. The first-order valence-corrected chi connectivity index (χ1v) is 11.0. The number of fused-ring (bicyclic) bond motifs is 1. The molecule has 1 unspecified atom stereocenters. The summed E-state index contributed by atoms with van der Waals surface area (Å²) < 4.78 is 11.1. The highest BCUT2D eigenvalue weighted by Gasteiger charge is 2.28. The fraction of sp³-hybridized carbons (Fsp3) is 0.440. The van der Waals surface area contributed by atoms with Gasteiger partial charge < -0.3 is 14.4 Å². The molecule has 2 heterocycles. The molecular weight excluding hydrogens is 392 g/mol. The van der Waals surface area contributed by atoms with Gasteiger partial charge in [-0.1, -0.05) is 30.3 Å². The van der Waals surface area contributed by atoms with Crippen LogP contribution in [-0.4, -0.2) is 61.4 Å². The summed E-state index contributed by atoms with van der Waals surface area (Å²) in [4.78, 5) is 29.7. The minimum Gasteiger partial charge on any atom is -0.486 e. The summed E-state index contributed by atoms with van der Waals surface area (Å²) in [7, 11) is 1.86. The van der Waals surface area contributed by atoms with E-state index < -0.39 is 0 Å². The molecule has 2 aromatic rings. The molecule has 31 heavy (non-hydrogen) atoms. The van der Waals surface area contributed by atoms with Crippen LogP contribution in [0.15, 0.2) is 48.5 Å². The summed E-state index contributed by atoms with van der Waals surface area (Å²) >= 11 is 0. The molecule has 1 atom stereocenters. The first-order valence-electron chi connectivity index (χ1n) is 11.0. The van der Waals surface area contributed by atoms with E-state index in [1.54, 1.807) is 6.07 Å². The lowest BCUT2D eigenvalue weighted by molar-refractivity contribution is -0.133. The maximum absolute atomic E-state index is 13.0. The second kappa shape index (κ2) is 9.52. The van der Waals surface area contributed by atoms with Crippen molar-refractivity contribution < 1.29 is 19.1 Å². The number of piperidine rings is 1. The molecule has 0 saturated carbocycles. The molecule has 0 N–H and O–H groups in total. The molecular formula is C25H30N2O4. The van der Waals surface area contributed by atoms with Crippen molar-refractivity contribution in [2.45, 2.75) is 25.8 Å². The fourth-order valence-electron chi connectivity index (χ4n) is 4.26. The lowest BCUT2D eigenvalue weighted by Crippen LogP contribution is -2.43. The number of benzene rings is 2. The molecule has 2 aliphatic rings. The molecule has 6 nitrogen and oxygen atoms in total. The summed E-state index contributed by atoms with van der Waals surface area (Å²) in [5.74, 6) is 1.58. The third kappa shape index (κ3) is 4.90. The van der Waals surface area contributed by atoms with E-state index in [4.69, 9.17) is 9.47 Å². The Balaban J connectivity index is 1.29. The van der Waals surface area contributed by atoms with Gasteiger partial charge in [0, 0.05) is 18.5 Å². The Kier molecular flexibility index (Phi) is 6.56. The van der Waals surface area contributed by atoms with Crippen LogP contribution in [0.3, 0.4) is 0 Å². The summed E-state index contributed by atoms with van der Waals surface area (Å²) in [5.41, 5.74) is 1.80. The van der Waals surface area contributed by atoms with Crippen molar-refractivity contribution >= 4 is 11.7 Å². The van der Waals surface area contributed by atoms with Gasteiger partial charge in [0.15, 0.2) is 17.3 Å². The Morgan fingerprint density at radius 3 is 2.42 bits per heavy atom. The zero-order valence-corrected chi connectivity index (χ0v) is 18.3. The number of carbonyl (C=O) groups is 2. The predicted molar refractivity (Wildman–Crippen MR) is 119 cm³/mol.